The molecule has 0 N–H and O–H groups in total. The van der Waals surface area contributed by atoms with Gasteiger partial charge in [-0.3, -0.25) is 0 Å². The Morgan fingerprint density at radius 1 is 0.396 bits per heavy atom. The summed E-state index contributed by atoms with van der Waals surface area (Å²) >= 11 is 0. The van der Waals surface area contributed by atoms with Gasteiger partial charge in [-0.15, -0.1) is 10.0 Å². The highest BCUT2D eigenvalue weighted by Crippen LogP contribution is 2.73. The van der Waals surface area contributed by atoms with Gasteiger partial charge in [0.05, 0.1) is 20.8 Å². The van der Waals surface area contributed by atoms with Crippen LogP contribution >= 0.6 is 10.0 Å². The fourth-order valence-corrected chi connectivity index (χ4v) is 11.9. The van der Waals surface area contributed by atoms with Gasteiger partial charge in [0, 0.05) is 36.0 Å². The van der Waals surface area contributed by atoms with E-state index in [2.05, 4.69) is 126 Å². The minimum absolute atomic E-state index is 0.282. The maximum Gasteiger partial charge on any atom is 0.206 e. The van der Waals surface area contributed by atoms with Gasteiger partial charge in [-0.1, -0.05) is 90.5 Å². The summed E-state index contributed by atoms with van der Waals surface area (Å²) in [6.07, 6.45) is 0. The lowest BCUT2D eigenvalue weighted by Crippen LogP contribution is -2.05. The second-order valence-electron chi connectivity index (χ2n) is 11.9. The Morgan fingerprint density at radius 3 is 1.27 bits per heavy atom. The summed E-state index contributed by atoms with van der Waals surface area (Å²) in [4.78, 5) is 5.45. The molecule has 7 aromatic carbocycles. The van der Waals surface area contributed by atoms with Crippen LogP contribution in [0.25, 0.3) is 27.5 Å². The molecule has 0 aliphatic heterocycles. The number of rotatable bonds is 7. The van der Waals surface area contributed by atoms with E-state index < -0.39 is 19.9 Å². The van der Waals surface area contributed by atoms with Crippen LogP contribution in [0.1, 0.15) is 5.56 Å². The Bertz CT molecular complexity index is 2400. The van der Waals surface area contributed by atoms with Crippen LogP contribution in [0, 0.1) is 6.92 Å². The maximum atomic E-state index is 14.0. The molecular weight excluding hydrogens is 627 g/mol. The first-order valence-electron chi connectivity index (χ1n) is 15.9. The number of aromatic nitrogens is 1. The minimum atomic E-state index is -3.74. The molecule has 0 saturated heterocycles. The molecule has 0 unspecified atom stereocenters. The molecule has 0 atom stereocenters. The van der Waals surface area contributed by atoms with Gasteiger partial charge in [0.25, 0.3) is 0 Å². The SMILES string of the molecule is Cc1ccc(S(=O)(=O)c2ccc3c(c2)c2cc(S(c4ccccc4)(c4ccccc4)c4ccccc4)ccc2n3-c2ccccc2)cc1. The van der Waals surface area contributed by atoms with Crippen molar-refractivity contribution in [3.63, 3.8) is 0 Å². The van der Waals surface area contributed by atoms with Crippen LogP contribution in [0.2, 0.25) is 0 Å². The standard InChI is InChI=1S/C43H33NO2S2/c1-32-22-24-37(25-23-32)48(45,46)39-27-29-43-41(31-39)40-30-38(26-28-42(40)44(43)33-14-6-2-7-15-33)47(34-16-8-3-9-17-34,35-18-10-4-11-19-35)36-20-12-5-13-21-36/h2-31H,1H3. The summed E-state index contributed by atoms with van der Waals surface area (Å²) in [5, 5.41) is 1.90. The van der Waals surface area contributed by atoms with Crippen molar-refractivity contribution < 1.29 is 8.42 Å². The molecule has 0 saturated carbocycles. The Hall–Kier alpha value is -5.36. The Morgan fingerprint density at radius 2 is 0.792 bits per heavy atom. The lowest BCUT2D eigenvalue weighted by atomic mass is 10.1. The van der Waals surface area contributed by atoms with Crippen LogP contribution in [-0.4, -0.2) is 13.0 Å². The predicted molar refractivity (Wildman–Crippen MR) is 197 cm³/mol. The molecule has 0 radical (unpaired) electrons. The van der Waals surface area contributed by atoms with E-state index in [9.17, 15) is 8.42 Å². The maximum absolute atomic E-state index is 14.0. The van der Waals surface area contributed by atoms with Crippen molar-refractivity contribution in [1.82, 2.24) is 4.57 Å². The third-order valence-electron chi connectivity index (χ3n) is 9.01. The molecule has 0 spiro atoms. The largest absolute Gasteiger partial charge is 0.309 e. The summed E-state index contributed by atoms with van der Waals surface area (Å²) in [7, 11) is -5.68. The third-order valence-corrected chi connectivity index (χ3v) is 14.7. The lowest BCUT2D eigenvalue weighted by Gasteiger charge is -2.42. The van der Waals surface area contributed by atoms with E-state index in [-0.39, 0.29) is 4.90 Å². The summed E-state index contributed by atoms with van der Waals surface area (Å²) in [6, 6.07) is 62.0. The number of aryl methyl sites for hydroxylation is 1. The molecule has 5 heteroatoms. The number of para-hydroxylation sites is 1. The number of benzene rings is 7. The molecule has 0 fully saturated rings. The number of hydrogen-bond acceptors (Lipinski definition) is 2. The second-order valence-corrected chi connectivity index (χ2v) is 17.0. The zero-order valence-electron chi connectivity index (χ0n) is 26.4. The van der Waals surface area contributed by atoms with E-state index in [0.29, 0.717) is 4.90 Å². The smallest absolute Gasteiger partial charge is 0.206 e. The van der Waals surface area contributed by atoms with E-state index in [1.807, 2.05) is 49.4 Å². The number of fused-ring (bicyclic) bond motifs is 3. The molecule has 0 aliphatic rings. The minimum Gasteiger partial charge on any atom is -0.309 e. The van der Waals surface area contributed by atoms with Gasteiger partial charge in [0.2, 0.25) is 9.84 Å². The van der Waals surface area contributed by atoms with Gasteiger partial charge in [0.1, 0.15) is 0 Å². The first-order valence-corrected chi connectivity index (χ1v) is 19.0. The molecule has 3 nitrogen and oxygen atoms in total. The van der Waals surface area contributed by atoms with Gasteiger partial charge in [0.15, 0.2) is 0 Å². The van der Waals surface area contributed by atoms with Crippen LogP contribution in [0.4, 0.5) is 0 Å². The number of hydrogen-bond donors (Lipinski definition) is 0. The zero-order chi connectivity index (χ0) is 32.7. The second kappa shape index (κ2) is 12.0. The van der Waals surface area contributed by atoms with Crippen LogP contribution in [-0.2, 0) is 9.84 Å². The van der Waals surface area contributed by atoms with Crippen LogP contribution in [0.15, 0.2) is 211 Å². The topological polar surface area (TPSA) is 39.1 Å². The highest BCUT2D eigenvalue weighted by atomic mass is 32.3. The summed E-state index contributed by atoms with van der Waals surface area (Å²) in [5.41, 5.74) is 4.01. The first kappa shape index (κ1) is 30.0. The van der Waals surface area contributed by atoms with E-state index in [1.165, 1.54) is 19.6 Å². The first-order chi connectivity index (χ1) is 23.5. The fraction of sp³-hybridized carbons (Fsp3) is 0.0233. The Kier molecular flexibility index (Phi) is 7.51. The van der Waals surface area contributed by atoms with E-state index >= 15 is 0 Å². The number of sulfone groups is 1. The fourth-order valence-electron chi connectivity index (χ4n) is 6.74. The highest BCUT2D eigenvalue weighted by molar-refractivity contribution is 8.34. The van der Waals surface area contributed by atoms with Crippen molar-refractivity contribution in [2.45, 2.75) is 36.3 Å². The van der Waals surface area contributed by atoms with Gasteiger partial charge in [-0.05, 0) is 104 Å². The van der Waals surface area contributed by atoms with Crippen molar-refractivity contribution >= 4 is 41.7 Å². The Labute approximate surface area is 283 Å². The van der Waals surface area contributed by atoms with Crippen molar-refractivity contribution in [2.24, 2.45) is 0 Å². The summed E-state index contributed by atoms with van der Waals surface area (Å²) in [5.74, 6) is 0. The molecule has 1 aromatic heterocycles. The summed E-state index contributed by atoms with van der Waals surface area (Å²) in [6.45, 7) is 1.96. The zero-order valence-corrected chi connectivity index (χ0v) is 28.0. The van der Waals surface area contributed by atoms with Crippen LogP contribution < -0.4 is 0 Å². The van der Waals surface area contributed by atoms with Crippen molar-refractivity contribution in [2.75, 3.05) is 0 Å². The van der Waals surface area contributed by atoms with Crippen LogP contribution in [0.3, 0.4) is 0 Å². The highest BCUT2D eigenvalue weighted by Gasteiger charge is 2.34. The van der Waals surface area contributed by atoms with E-state index in [0.717, 1.165) is 33.1 Å². The van der Waals surface area contributed by atoms with Crippen molar-refractivity contribution in [1.29, 1.82) is 0 Å². The molecule has 8 aromatic rings. The van der Waals surface area contributed by atoms with Gasteiger partial charge in [-0.25, -0.2) is 8.42 Å². The van der Waals surface area contributed by atoms with Crippen molar-refractivity contribution in [3.8, 4) is 5.69 Å². The van der Waals surface area contributed by atoms with E-state index in [1.54, 1.807) is 18.2 Å². The normalized spacial score (nSPS) is 12.4. The quantitative estimate of drug-likeness (QED) is 0.171. The molecule has 234 valence electrons. The molecule has 8 rings (SSSR count). The van der Waals surface area contributed by atoms with Crippen LogP contribution in [0.5, 0.6) is 0 Å². The van der Waals surface area contributed by atoms with Crippen molar-refractivity contribution in [3.05, 3.63) is 188 Å². The van der Waals surface area contributed by atoms with Gasteiger partial charge >= 0.3 is 0 Å². The summed E-state index contributed by atoms with van der Waals surface area (Å²) < 4.78 is 30.2. The molecule has 0 bridgehead atoms. The number of nitrogens with zero attached hydrogens (tertiary/aromatic N) is 1. The molecule has 48 heavy (non-hydrogen) atoms. The van der Waals surface area contributed by atoms with Gasteiger partial charge < -0.3 is 4.57 Å². The average Bonchev–Trinajstić information content (AvgIpc) is 3.47. The average molecular weight is 660 g/mol. The molecular formula is C43H33NO2S2. The van der Waals surface area contributed by atoms with Gasteiger partial charge in [-0.2, -0.15) is 0 Å². The third kappa shape index (κ3) is 4.86. The monoisotopic (exact) mass is 659 g/mol. The predicted octanol–water partition coefficient (Wildman–Crippen LogP) is 11.3. The molecule has 0 amide bonds. The Balaban J connectivity index is 1.47. The molecule has 0 aliphatic carbocycles. The lowest BCUT2D eigenvalue weighted by molar-refractivity contribution is 0.596. The molecule has 1 heterocycles. The van der Waals surface area contributed by atoms with E-state index in [4.69, 9.17) is 0 Å².